The van der Waals surface area contributed by atoms with Crippen molar-refractivity contribution in [3.8, 4) is 0 Å². The standard InChI is InChI=1S/C15H18N2O4/c1-2-6-13(18)16-12(11-7-4-3-5-8-11)9-17-14(19)10-21-15(17)20/h3-5,7-8,12H,2,6,9-10H2,1H3,(H,16,18). The van der Waals surface area contributed by atoms with Gasteiger partial charge >= 0.3 is 6.09 Å². The largest absolute Gasteiger partial charge is 0.439 e. The number of hydrogen-bond acceptors (Lipinski definition) is 4. The smallest absolute Gasteiger partial charge is 0.417 e. The highest BCUT2D eigenvalue weighted by molar-refractivity contribution is 5.97. The first-order valence-electron chi connectivity index (χ1n) is 6.93. The van der Waals surface area contributed by atoms with Crippen molar-refractivity contribution >= 4 is 17.9 Å². The number of carbonyl (C=O) groups is 3. The molecule has 1 N–H and O–H groups in total. The Kier molecular flexibility index (Phi) is 4.92. The number of cyclic esters (lactones) is 1. The van der Waals surface area contributed by atoms with Gasteiger partial charge in [0.1, 0.15) is 0 Å². The van der Waals surface area contributed by atoms with Gasteiger partial charge in [0.25, 0.3) is 5.91 Å². The minimum Gasteiger partial charge on any atom is -0.439 e. The van der Waals surface area contributed by atoms with Crippen LogP contribution >= 0.6 is 0 Å². The molecule has 6 nitrogen and oxygen atoms in total. The van der Waals surface area contributed by atoms with Gasteiger partial charge in [-0.2, -0.15) is 0 Å². The maximum absolute atomic E-state index is 11.8. The van der Waals surface area contributed by atoms with Gasteiger partial charge in [-0.15, -0.1) is 0 Å². The first kappa shape index (κ1) is 15.0. The van der Waals surface area contributed by atoms with Crippen LogP contribution in [0.5, 0.6) is 0 Å². The van der Waals surface area contributed by atoms with E-state index in [-0.39, 0.29) is 25.0 Å². The molecule has 0 aromatic heterocycles. The number of hydrogen-bond donors (Lipinski definition) is 1. The van der Waals surface area contributed by atoms with Crippen LogP contribution in [0.2, 0.25) is 0 Å². The van der Waals surface area contributed by atoms with E-state index in [0.29, 0.717) is 6.42 Å². The van der Waals surface area contributed by atoms with Gasteiger partial charge in [-0.05, 0) is 12.0 Å². The third-order valence-electron chi connectivity index (χ3n) is 3.22. The quantitative estimate of drug-likeness (QED) is 0.864. The summed E-state index contributed by atoms with van der Waals surface area (Å²) in [5.74, 6) is -0.489. The number of nitrogens with one attached hydrogen (secondary N) is 1. The maximum Gasteiger partial charge on any atom is 0.417 e. The number of nitrogens with zero attached hydrogens (tertiary/aromatic N) is 1. The lowest BCUT2D eigenvalue weighted by molar-refractivity contribution is -0.127. The zero-order chi connectivity index (χ0) is 15.2. The van der Waals surface area contributed by atoms with Crippen molar-refractivity contribution in [3.05, 3.63) is 35.9 Å². The van der Waals surface area contributed by atoms with Crippen LogP contribution in [-0.2, 0) is 14.3 Å². The molecule has 1 aliphatic rings. The van der Waals surface area contributed by atoms with Crippen molar-refractivity contribution in [2.75, 3.05) is 13.2 Å². The average molecular weight is 290 g/mol. The Hall–Kier alpha value is -2.37. The molecule has 6 heteroatoms. The van der Waals surface area contributed by atoms with Gasteiger partial charge in [0.2, 0.25) is 5.91 Å². The fourth-order valence-corrected chi connectivity index (χ4v) is 2.15. The van der Waals surface area contributed by atoms with E-state index >= 15 is 0 Å². The van der Waals surface area contributed by atoms with E-state index in [9.17, 15) is 14.4 Å². The number of benzene rings is 1. The van der Waals surface area contributed by atoms with Crippen LogP contribution in [0, 0.1) is 0 Å². The van der Waals surface area contributed by atoms with Crippen molar-refractivity contribution in [1.29, 1.82) is 0 Å². The van der Waals surface area contributed by atoms with Gasteiger partial charge in [0, 0.05) is 6.42 Å². The summed E-state index contributed by atoms with van der Waals surface area (Å²) in [6.45, 7) is 1.76. The van der Waals surface area contributed by atoms with Crippen LogP contribution in [-0.4, -0.2) is 36.0 Å². The fraction of sp³-hybridized carbons (Fsp3) is 0.400. The Morgan fingerprint density at radius 3 is 2.62 bits per heavy atom. The number of carbonyl (C=O) groups excluding carboxylic acids is 3. The third-order valence-corrected chi connectivity index (χ3v) is 3.22. The molecule has 0 saturated carbocycles. The molecule has 1 unspecified atom stereocenters. The lowest BCUT2D eigenvalue weighted by Gasteiger charge is -2.22. The number of rotatable bonds is 6. The molecule has 1 heterocycles. The first-order chi connectivity index (χ1) is 10.1. The number of amides is 3. The summed E-state index contributed by atoms with van der Waals surface area (Å²) in [5, 5.41) is 2.86. The topological polar surface area (TPSA) is 75.7 Å². The highest BCUT2D eigenvalue weighted by atomic mass is 16.6. The van der Waals surface area contributed by atoms with Gasteiger partial charge in [-0.3, -0.25) is 9.59 Å². The Labute approximate surface area is 123 Å². The summed E-state index contributed by atoms with van der Waals surface area (Å²) in [6, 6.07) is 8.83. The van der Waals surface area contributed by atoms with Gasteiger partial charge in [-0.1, -0.05) is 37.3 Å². The highest BCUT2D eigenvalue weighted by Crippen LogP contribution is 2.17. The van der Waals surface area contributed by atoms with E-state index in [0.717, 1.165) is 16.9 Å². The van der Waals surface area contributed by atoms with Crippen molar-refractivity contribution in [2.24, 2.45) is 0 Å². The predicted octanol–water partition coefficient (Wildman–Crippen LogP) is 1.62. The first-order valence-corrected chi connectivity index (χ1v) is 6.93. The fourth-order valence-electron chi connectivity index (χ4n) is 2.15. The van der Waals surface area contributed by atoms with Crippen LogP contribution in [0.15, 0.2) is 30.3 Å². The molecule has 1 fully saturated rings. The molecule has 0 radical (unpaired) electrons. The summed E-state index contributed by atoms with van der Waals surface area (Å²) in [7, 11) is 0. The van der Waals surface area contributed by atoms with E-state index < -0.39 is 12.1 Å². The lowest BCUT2D eigenvalue weighted by atomic mass is 10.1. The minimum atomic E-state index is -0.661. The summed E-state index contributed by atoms with van der Waals surface area (Å²) >= 11 is 0. The molecular formula is C15H18N2O4. The van der Waals surface area contributed by atoms with Crippen LogP contribution in [0.4, 0.5) is 4.79 Å². The Morgan fingerprint density at radius 1 is 1.33 bits per heavy atom. The van der Waals surface area contributed by atoms with Crippen molar-refractivity contribution < 1.29 is 19.1 Å². The molecule has 0 spiro atoms. The lowest BCUT2D eigenvalue weighted by Crippen LogP contribution is -2.40. The van der Waals surface area contributed by atoms with Crippen LogP contribution in [0.25, 0.3) is 0 Å². The molecule has 0 aliphatic carbocycles. The zero-order valence-electron chi connectivity index (χ0n) is 11.9. The van der Waals surface area contributed by atoms with E-state index in [1.807, 2.05) is 37.3 Å². The van der Waals surface area contributed by atoms with Crippen LogP contribution in [0.3, 0.4) is 0 Å². The summed E-state index contributed by atoms with van der Waals surface area (Å²) in [4.78, 5) is 36.0. The molecule has 1 aliphatic heterocycles. The molecule has 2 rings (SSSR count). The molecule has 0 bridgehead atoms. The zero-order valence-corrected chi connectivity index (χ0v) is 11.9. The molecule has 21 heavy (non-hydrogen) atoms. The Balaban J connectivity index is 2.14. The van der Waals surface area contributed by atoms with Crippen molar-refractivity contribution in [1.82, 2.24) is 10.2 Å². The van der Waals surface area contributed by atoms with Crippen LogP contribution in [0.1, 0.15) is 31.4 Å². The second kappa shape index (κ2) is 6.88. The van der Waals surface area contributed by atoms with E-state index in [1.165, 1.54) is 0 Å². The van der Waals surface area contributed by atoms with Gasteiger partial charge in [-0.25, -0.2) is 9.69 Å². The molecule has 1 saturated heterocycles. The second-order valence-electron chi connectivity index (χ2n) is 4.84. The van der Waals surface area contributed by atoms with Crippen molar-refractivity contribution in [3.63, 3.8) is 0 Å². The average Bonchev–Trinajstić information content (AvgIpc) is 2.79. The maximum atomic E-state index is 11.8. The van der Waals surface area contributed by atoms with Gasteiger partial charge in [0.15, 0.2) is 6.61 Å². The monoisotopic (exact) mass is 290 g/mol. The van der Waals surface area contributed by atoms with E-state index in [2.05, 4.69) is 5.32 Å². The number of imide groups is 1. The molecular weight excluding hydrogens is 272 g/mol. The normalized spacial score (nSPS) is 15.8. The molecule has 1 aromatic rings. The Morgan fingerprint density at radius 2 is 2.05 bits per heavy atom. The van der Waals surface area contributed by atoms with Crippen molar-refractivity contribution in [2.45, 2.75) is 25.8 Å². The minimum absolute atomic E-state index is 0.0805. The molecule has 1 atom stereocenters. The predicted molar refractivity (Wildman–Crippen MR) is 75.3 cm³/mol. The van der Waals surface area contributed by atoms with Gasteiger partial charge < -0.3 is 10.1 Å². The molecule has 112 valence electrons. The van der Waals surface area contributed by atoms with Gasteiger partial charge in [0.05, 0.1) is 12.6 Å². The van der Waals surface area contributed by atoms with E-state index in [1.54, 1.807) is 0 Å². The summed E-state index contributed by atoms with van der Waals surface area (Å²) in [5.41, 5.74) is 0.842. The molecule has 3 amide bonds. The van der Waals surface area contributed by atoms with E-state index in [4.69, 9.17) is 4.74 Å². The summed E-state index contributed by atoms with van der Waals surface area (Å²) in [6.07, 6.45) is 0.477. The molecule has 1 aromatic carbocycles. The van der Waals surface area contributed by atoms with Crippen LogP contribution < -0.4 is 5.32 Å². The Bertz CT molecular complexity index is 514. The number of ether oxygens (including phenoxy) is 1. The SMILES string of the molecule is CCCC(=O)NC(CN1C(=O)COC1=O)c1ccccc1. The third kappa shape index (κ3) is 3.81. The highest BCUT2D eigenvalue weighted by Gasteiger charge is 2.33. The summed E-state index contributed by atoms with van der Waals surface area (Å²) < 4.78 is 4.69. The second-order valence-corrected chi connectivity index (χ2v) is 4.84.